The third-order valence-electron chi connectivity index (χ3n) is 2.98. The standard InChI is InChI=1S/C11H12F3N3O3/c1-6-9(18)16(10(19)17(6)20-2)8-5-7(3-4-15-8)11(12,13)14/h3-6,9,18H,1-2H3/t6-,9+/m1/s1. The number of urea groups is 1. The van der Waals surface area contributed by atoms with Gasteiger partial charge < -0.3 is 5.11 Å². The van der Waals surface area contributed by atoms with Gasteiger partial charge in [0, 0.05) is 6.20 Å². The molecule has 2 amide bonds. The number of aliphatic hydroxyl groups excluding tert-OH is 1. The predicted molar refractivity (Wildman–Crippen MR) is 61.4 cm³/mol. The first-order chi connectivity index (χ1) is 9.27. The van der Waals surface area contributed by atoms with Gasteiger partial charge in [0.2, 0.25) is 0 Å². The molecule has 6 nitrogen and oxygen atoms in total. The molecule has 1 aromatic heterocycles. The van der Waals surface area contributed by atoms with Crippen LogP contribution in [-0.4, -0.2) is 40.6 Å². The third-order valence-corrected chi connectivity index (χ3v) is 2.98. The first-order valence-electron chi connectivity index (χ1n) is 5.65. The van der Waals surface area contributed by atoms with Crippen molar-refractivity contribution in [1.29, 1.82) is 0 Å². The molecule has 2 atom stereocenters. The Labute approximate surface area is 112 Å². The Hall–Kier alpha value is -1.87. The number of alkyl halides is 3. The van der Waals surface area contributed by atoms with Crippen LogP contribution in [0.5, 0.6) is 0 Å². The van der Waals surface area contributed by atoms with E-state index in [1.165, 1.54) is 14.0 Å². The number of pyridine rings is 1. The molecule has 1 N–H and O–H groups in total. The van der Waals surface area contributed by atoms with Crippen LogP contribution in [0.15, 0.2) is 18.3 Å². The Bertz CT molecular complexity index is 523. The summed E-state index contributed by atoms with van der Waals surface area (Å²) in [6.45, 7) is 1.50. The highest BCUT2D eigenvalue weighted by Gasteiger charge is 2.45. The van der Waals surface area contributed by atoms with Crippen LogP contribution in [0.2, 0.25) is 0 Å². The molecule has 1 fully saturated rings. The van der Waals surface area contributed by atoms with Crippen LogP contribution in [0.1, 0.15) is 12.5 Å². The summed E-state index contributed by atoms with van der Waals surface area (Å²) in [7, 11) is 1.23. The number of carbonyl (C=O) groups excluding carboxylic acids is 1. The van der Waals surface area contributed by atoms with Gasteiger partial charge in [0.05, 0.1) is 12.7 Å². The molecule has 1 aromatic rings. The first kappa shape index (κ1) is 14.5. The van der Waals surface area contributed by atoms with E-state index >= 15 is 0 Å². The van der Waals surface area contributed by atoms with Crippen molar-refractivity contribution in [2.75, 3.05) is 12.0 Å². The van der Waals surface area contributed by atoms with E-state index in [2.05, 4.69) is 4.98 Å². The highest BCUT2D eigenvalue weighted by molar-refractivity contribution is 5.93. The van der Waals surface area contributed by atoms with Gasteiger partial charge in [-0.05, 0) is 19.1 Å². The van der Waals surface area contributed by atoms with Gasteiger partial charge in [0.1, 0.15) is 11.9 Å². The highest BCUT2D eigenvalue weighted by Crippen LogP contribution is 2.33. The first-order valence-corrected chi connectivity index (χ1v) is 5.65. The minimum Gasteiger partial charge on any atom is -0.371 e. The van der Waals surface area contributed by atoms with Crippen molar-refractivity contribution in [3.05, 3.63) is 23.9 Å². The van der Waals surface area contributed by atoms with Crippen LogP contribution < -0.4 is 4.90 Å². The molecule has 20 heavy (non-hydrogen) atoms. The fraction of sp³-hybridized carbons (Fsp3) is 0.455. The van der Waals surface area contributed by atoms with Gasteiger partial charge in [-0.3, -0.25) is 4.84 Å². The molecule has 0 aromatic carbocycles. The average molecular weight is 291 g/mol. The van der Waals surface area contributed by atoms with Gasteiger partial charge in [-0.15, -0.1) is 0 Å². The third kappa shape index (κ3) is 2.29. The van der Waals surface area contributed by atoms with Gasteiger partial charge in [-0.2, -0.15) is 18.2 Å². The molecule has 0 bridgehead atoms. The highest BCUT2D eigenvalue weighted by atomic mass is 19.4. The minimum atomic E-state index is -4.56. The maximum atomic E-state index is 12.6. The summed E-state index contributed by atoms with van der Waals surface area (Å²) in [5, 5.41) is 10.8. The Balaban J connectivity index is 2.39. The van der Waals surface area contributed by atoms with E-state index in [0.29, 0.717) is 6.07 Å². The number of halogens is 3. The van der Waals surface area contributed by atoms with Crippen molar-refractivity contribution in [2.45, 2.75) is 25.4 Å². The Morgan fingerprint density at radius 3 is 2.60 bits per heavy atom. The quantitative estimate of drug-likeness (QED) is 0.899. The minimum absolute atomic E-state index is 0.288. The van der Waals surface area contributed by atoms with Crippen molar-refractivity contribution >= 4 is 11.8 Å². The number of hydroxylamine groups is 2. The van der Waals surface area contributed by atoms with Gasteiger partial charge in [0.15, 0.2) is 6.23 Å². The lowest BCUT2D eigenvalue weighted by atomic mass is 10.2. The SMILES string of the molecule is CON1C(=O)N(c2cc(C(F)(F)F)ccn2)[C@@H](O)[C@H]1C. The van der Waals surface area contributed by atoms with E-state index in [4.69, 9.17) is 4.84 Å². The molecule has 0 radical (unpaired) electrons. The molecule has 2 heterocycles. The molecule has 2 rings (SSSR count). The van der Waals surface area contributed by atoms with Crippen LogP contribution in [-0.2, 0) is 11.0 Å². The van der Waals surface area contributed by atoms with Crippen LogP contribution in [0.3, 0.4) is 0 Å². The molecule has 0 spiro atoms. The number of rotatable bonds is 2. The summed E-state index contributed by atoms with van der Waals surface area (Å²) in [6, 6.07) is -0.0239. The number of aliphatic hydroxyl groups is 1. The van der Waals surface area contributed by atoms with Crippen LogP contribution in [0, 0.1) is 0 Å². The van der Waals surface area contributed by atoms with Gasteiger partial charge >= 0.3 is 12.2 Å². The molecule has 1 saturated heterocycles. The van der Waals surface area contributed by atoms with Crippen molar-refractivity contribution in [1.82, 2.24) is 10.0 Å². The van der Waals surface area contributed by atoms with E-state index in [-0.39, 0.29) is 5.82 Å². The second kappa shape index (κ2) is 4.91. The molecular formula is C11H12F3N3O3. The Kier molecular flexibility index (Phi) is 3.57. The zero-order chi connectivity index (χ0) is 15.1. The molecule has 0 saturated carbocycles. The number of amides is 2. The monoisotopic (exact) mass is 291 g/mol. The number of anilines is 1. The van der Waals surface area contributed by atoms with E-state index in [1.54, 1.807) is 0 Å². The summed E-state index contributed by atoms with van der Waals surface area (Å²) < 4.78 is 37.9. The zero-order valence-corrected chi connectivity index (χ0v) is 10.6. The largest absolute Gasteiger partial charge is 0.416 e. The van der Waals surface area contributed by atoms with Crippen LogP contribution >= 0.6 is 0 Å². The second-order valence-corrected chi connectivity index (χ2v) is 4.22. The molecular weight excluding hydrogens is 279 g/mol. The van der Waals surface area contributed by atoms with Gasteiger partial charge in [-0.25, -0.2) is 14.7 Å². The molecule has 9 heteroatoms. The van der Waals surface area contributed by atoms with Crippen molar-refractivity contribution in [2.24, 2.45) is 0 Å². The lowest BCUT2D eigenvalue weighted by Gasteiger charge is -2.19. The second-order valence-electron chi connectivity index (χ2n) is 4.22. The van der Waals surface area contributed by atoms with Crippen LogP contribution in [0.25, 0.3) is 0 Å². The number of carbonyl (C=O) groups is 1. The van der Waals surface area contributed by atoms with E-state index in [1.807, 2.05) is 0 Å². The fourth-order valence-electron chi connectivity index (χ4n) is 1.93. The topological polar surface area (TPSA) is 65.9 Å². The molecule has 0 aliphatic carbocycles. The van der Waals surface area contributed by atoms with Crippen molar-refractivity contribution in [3.63, 3.8) is 0 Å². The number of nitrogens with zero attached hydrogens (tertiary/aromatic N) is 3. The number of aromatic nitrogens is 1. The molecule has 110 valence electrons. The van der Waals surface area contributed by atoms with E-state index in [0.717, 1.165) is 22.2 Å². The lowest BCUT2D eigenvalue weighted by Crippen LogP contribution is -2.36. The molecule has 0 unspecified atom stereocenters. The lowest BCUT2D eigenvalue weighted by molar-refractivity contribution is -0.137. The maximum Gasteiger partial charge on any atom is 0.416 e. The number of hydrogen-bond acceptors (Lipinski definition) is 4. The van der Waals surface area contributed by atoms with Crippen molar-refractivity contribution < 1.29 is 27.9 Å². The van der Waals surface area contributed by atoms with Crippen molar-refractivity contribution in [3.8, 4) is 0 Å². The fourth-order valence-corrected chi connectivity index (χ4v) is 1.93. The molecule has 1 aliphatic rings. The predicted octanol–water partition coefficient (Wildman–Crippen LogP) is 1.61. The summed E-state index contributed by atoms with van der Waals surface area (Å²) in [5.41, 5.74) is -0.953. The molecule has 1 aliphatic heterocycles. The summed E-state index contributed by atoms with van der Waals surface area (Å²) in [5.74, 6) is -0.288. The summed E-state index contributed by atoms with van der Waals surface area (Å²) in [6.07, 6.45) is -4.98. The Morgan fingerprint density at radius 2 is 2.10 bits per heavy atom. The normalized spacial score (nSPS) is 23.6. The van der Waals surface area contributed by atoms with E-state index in [9.17, 15) is 23.1 Å². The summed E-state index contributed by atoms with van der Waals surface area (Å²) >= 11 is 0. The smallest absolute Gasteiger partial charge is 0.371 e. The van der Waals surface area contributed by atoms with Gasteiger partial charge in [0.25, 0.3) is 0 Å². The van der Waals surface area contributed by atoms with E-state index < -0.39 is 30.0 Å². The Morgan fingerprint density at radius 1 is 1.45 bits per heavy atom. The average Bonchev–Trinajstić information content (AvgIpc) is 2.59. The van der Waals surface area contributed by atoms with Crippen LogP contribution in [0.4, 0.5) is 23.8 Å². The summed E-state index contributed by atoms with van der Waals surface area (Å²) in [4.78, 5) is 21.2. The van der Waals surface area contributed by atoms with Gasteiger partial charge in [-0.1, -0.05) is 0 Å². The zero-order valence-electron chi connectivity index (χ0n) is 10.6. The number of hydrogen-bond donors (Lipinski definition) is 1. The maximum absolute atomic E-state index is 12.6.